The van der Waals surface area contributed by atoms with Crippen LogP contribution in [0.15, 0.2) is 60.7 Å². The lowest BCUT2D eigenvalue weighted by Gasteiger charge is -2.29. The fourth-order valence-electron chi connectivity index (χ4n) is 3.72. The van der Waals surface area contributed by atoms with Crippen LogP contribution in [0.4, 0.5) is 0 Å². The lowest BCUT2D eigenvalue weighted by atomic mass is 9.77. The van der Waals surface area contributed by atoms with Crippen LogP contribution in [-0.4, -0.2) is 9.79 Å². The smallest absolute Gasteiger partial charge is 0.391 e. The summed E-state index contributed by atoms with van der Waals surface area (Å²) in [6.07, 6.45) is 0. The summed E-state index contributed by atoms with van der Waals surface area (Å²) in [4.78, 5) is 19.1. The van der Waals surface area contributed by atoms with E-state index in [9.17, 15) is 9.79 Å². The first kappa shape index (κ1) is 20.5. The van der Waals surface area contributed by atoms with E-state index in [4.69, 9.17) is 4.52 Å². The van der Waals surface area contributed by atoms with Crippen LogP contribution in [0.5, 0.6) is 5.75 Å². The minimum Gasteiger partial charge on any atom is -0.427 e. The Morgan fingerprint density at radius 2 is 1.25 bits per heavy atom. The molecule has 0 radical (unpaired) electrons. The van der Waals surface area contributed by atoms with Crippen LogP contribution >= 0.6 is 8.60 Å². The van der Waals surface area contributed by atoms with Crippen molar-refractivity contribution in [1.29, 1.82) is 0 Å². The molecular formula is C24H27O3P. The van der Waals surface area contributed by atoms with Gasteiger partial charge in [0.15, 0.2) is 0 Å². The van der Waals surface area contributed by atoms with Gasteiger partial charge < -0.3 is 14.3 Å². The number of hydrogen-bond donors (Lipinski definition) is 2. The van der Waals surface area contributed by atoms with Crippen molar-refractivity contribution in [2.24, 2.45) is 0 Å². The van der Waals surface area contributed by atoms with Gasteiger partial charge in [-0.3, -0.25) is 0 Å². The summed E-state index contributed by atoms with van der Waals surface area (Å²) in [6, 6.07) is 20.5. The quantitative estimate of drug-likeness (QED) is 0.495. The molecule has 3 aromatic rings. The van der Waals surface area contributed by atoms with E-state index in [-0.39, 0.29) is 5.41 Å². The molecule has 0 aromatic heterocycles. The van der Waals surface area contributed by atoms with Gasteiger partial charge in [-0.15, -0.1) is 0 Å². The molecule has 3 aromatic carbocycles. The SMILES string of the molecule is Cc1ccccc1-c1ccc(OP(O)O)c(C(C)(C)C)c1-c1ccccc1C. The third-order valence-corrected chi connectivity index (χ3v) is 5.31. The first-order valence-corrected chi connectivity index (χ1v) is 10.5. The molecule has 0 atom stereocenters. The Kier molecular flexibility index (Phi) is 5.90. The van der Waals surface area contributed by atoms with Crippen molar-refractivity contribution < 1.29 is 14.3 Å². The Labute approximate surface area is 168 Å². The van der Waals surface area contributed by atoms with Crippen LogP contribution in [0, 0.1) is 13.8 Å². The summed E-state index contributed by atoms with van der Waals surface area (Å²) in [6.45, 7) is 10.6. The van der Waals surface area contributed by atoms with Gasteiger partial charge in [0.25, 0.3) is 0 Å². The van der Waals surface area contributed by atoms with E-state index in [1.54, 1.807) is 0 Å². The van der Waals surface area contributed by atoms with E-state index in [0.29, 0.717) is 5.75 Å². The van der Waals surface area contributed by atoms with Crippen LogP contribution < -0.4 is 4.52 Å². The molecule has 0 heterocycles. The van der Waals surface area contributed by atoms with E-state index in [2.05, 4.69) is 58.9 Å². The summed E-state index contributed by atoms with van der Waals surface area (Å²) in [5.74, 6) is 0.513. The molecule has 3 rings (SSSR count). The minimum atomic E-state index is -2.50. The van der Waals surface area contributed by atoms with Gasteiger partial charge in [-0.05, 0) is 58.7 Å². The fraction of sp³-hybridized carbons (Fsp3) is 0.250. The van der Waals surface area contributed by atoms with Crippen molar-refractivity contribution in [2.75, 3.05) is 0 Å². The zero-order valence-electron chi connectivity index (χ0n) is 17.0. The van der Waals surface area contributed by atoms with Gasteiger partial charge in [0.05, 0.1) is 0 Å². The van der Waals surface area contributed by atoms with Crippen LogP contribution in [0.2, 0.25) is 0 Å². The Hall–Kier alpha value is -2.19. The summed E-state index contributed by atoms with van der Waals surface area (Å²) in [5.41, 5.74) is 7.53. The van der Waals surface area contributed by atoms with Gasteiger partial charge in [0.2, 0.25) is 0 Å². The molecule has 0 fully saturated rings. The predicted octanol–water partition coefficient (Wildman–Crippen LogP) is 6.53. The zero-order valence-corrected chi connectivity index (χ0v) is 17.9. The van der Waals surface area contributed by atoms with E-state index < -0.39 is 8.60 Å². The second-order valence-corrected chi connectivity index (χ2v) is 8.77. The van der Waals surface area contributed by atoms with Crippen molar-refractivity contribution >= 4 is 8.60 Å². The molecule has 3 nitrogen and oxygen atoms in total. The summed E-state index contributed by atoms with van der Waals surface area (Å²) < 4.78 is 5.47. The molecule has 146 valence electrons. The lowest BCUT2D eigenvalue weighted by molar-refractivity contribution is 0.370. The van der Waals surface area contributed by atoms with E-state index in [1.165, 1.54) is 5.56 Å². The normalized spacial score (nSPS) is 11.7. The number of hydrogen-bond acceptors (Lipinski definition) is 3. The maximum Gasteiger partial charge on any atom is 0.391 e. The Balaban J connectivity index is 2.45. The largest absolute Gasteiger partial charge is 0.427 e. The number of aryl methyl sites for hydroxylation is 2. The van der Waals surface area contributed by atoms with E-state index in [1.807, 2.05) is 36.4 Å². The van der Waals surface area contributed by atoms with Crippen LogP contribution in [0.3, 0.4) is 0 Å². The maximum atomic E-state index is 9.54. The van der Waals surface area contributed by atoms with Crippen molar-refractivity contribution in [2.45, 2.75) is 40.0 Å². The fourth-order valence-corrected chi connectivity index (χ4v) is 4.05. The van der Waals surface area contributed by atoms with E-state index >= 15 is 0 Å². The standard InChI is InChI=1S/C24H27O3P/c1-16-10-6-8-12-18(16)20-14-15-21(27-28(25)26)23(24(3,4)5)22(20)19-13-9-7-11-17(19)2/h6-15,25-26H,1-5H3. The van der Waals surface area contributed by atoms with Crippen LogP contribution in [0.1, 0.15) is 37.5 Å². The molecule has 0 amide bonds. The van der Waals surface area contributed by atoms with Crippen molar-refractivity contribution in [3.63, 3.8) is 0 Å². The highest BCUT2D eigenvalue weighted by Gasteiger charge is 2.28. The molecule has 0 unspecified atom stereocenters. The molecule has 2 N–H and O–H groups in total. The average molecular weight is 394 g/mol. The van der Waals surface area contributed by atoms with Crippen molar-refractivity contribution in [1.82, 2.24) is 0 Å². The van der Waals surface area contributed by atoms with Gasteiger partial charge in [-0.1, -0.05) is 75.4 Å². The molecular weight excluding hydrogens is 367 g/mol. The predicted molar refractivity (Wildman–Crippen MR) is 117 cm³/mol. The molecule has 0 aliphatic rings. The summed E-state index contributed by atoms with van der Waals surface area (Å²) >= 11 is 0. The van der Waals surface area contributed by atoms with Crippen molar-refractivity contribution in [3.05, 3.63) is 77.4 Å². The first-order chi connectivity index (χ1) is 13.2. The van der Waals surface area contributed by atoms with Gasteiger partial charge in [0, 0.05) is 5.56 Å². The highest BCUT2D eigenvalue weighted by molar-refractivity contribution is 7.39. The molecule has 0 spiro atoms. The molecule has 0 bridgehead atoms. The van der Waals surface area contributed by atoms with Gasteiger partial charge in [0.1, 0.15) is 5.75 Å². The third-order valence-electron chi connectivity index (χ3n) is 4.95. The summed E-state index contributed by atoms with van der Waals surface area (Å²) in [7, 11) is -2.50. The molecule has 0 aliphatic heterocycles. The first-order valence-electron chi connectivity index (χ1n) is 9.35. The second kappa shape index (κ2) is 8.05. The molecule has 0 aliphatic carbocycles. The minimum absolute atomic E-state index is 0.267. The monoisotopic (exact) mass is 394 g/mol. The van der Waals surface area contributed by atoms with Crippen molar-refractivity contribution in [3.8, 4) is 28.0 Å². The van der Waals surface area contributed by atoms with Gasteiger partial charge in [-0.2, -0.15) is 0 Å². The van der Waals surface area contributed by atoms with Crippen LogP contribution in [-0.2, 0) is 5.41 Å². The maximum absolute atomic E-state index is 9.54. The Morgan fingerprint density at radius 1 is 0.714 bits per heavy atom. The van der Waals surface area contributed by atoms with Gasteiger partial charge >= 0.3 is 8.60 Å². The molecule has 0 saturated heterocycles. The topological polar surface area (TPSA) is 49.7 Å². The van der Waals surface area contributed by atoms with E-state index in [0.717, 1.165) is 33.4 Å². The highest BCUT2D eigenvalue weighted by atomic mass is 31.2. The highest BCUT2D eigenvalue weighted by Crippen LogP contribution is 2.48. The Bertz CT molecular complexity index is 987. The number of rotatable bonds is 4. The number of benzene rings is 3. The molecule has 28 heavy (non-hydrogen) atoms. The lowest BCUT2D eigenvalue weighted by Crippen LogP contribution is -2.15. The molecule has 4 heteroatoms. The average Bonchev–Trinajstić information content (AvgIpc) is 2.61. The third kappa shape index (κ3) is 4.12. The van der Waals surface area contributed by atoms with Crippen LogP contribution in [0.25, 0.3) is 22.3 Å². The molecule has 0 saturated carbocycles. The second-order valence-electron chi connectivity index (χ2n) is 8.09. The van der Waals surface area contributed by atoms with Gasteiger partial charge in [-0.25, -0.2) is 0 Å². The summed E-state index contributed by atoms with van der Waals surface area (Å²) in [5, 5.41) is 0. The zero-order chi connectivity index (χ0) is 20.5. The Morgan fingerprint density at radius 3 is 1.75 bits per heavy atom.